The van der Waals surface area contributed by atoms with Gasteiger partial charge in [-0.25, -0.2) is 4.79 Å². The first kappa shape index (κ1) is 15.1. The molecule has 1 aromatic heterocycles. The standard InChI is InChI=1S/C6H7NO2S.BrH.Na/c1-5-3-10-4-7(5)2-6(8)9;;/h3-4H,2H2,1H3;1H;/q;;+1/p+1. The number of aliphatic carboxylic acids is 1. The molecule has 0 aliphatic heterocycles. The van der Waals surface area contributed by atoms with Gasteiger partial charge < -0.3 is 5.11 Å². The van der Waals surface area contributed by atoms with Gasteiger partial charge in [0.25, 0.3) is 0 Å². The molecule has 0 aromatic carbocycles. The molecule has 0 saturated heterocycles. The zero-order valence-electron chi connectivity index (χ0n) is 6.98. The summed E-state index contributed by atoms with van der Waals surface area (Å²) in [5.41, 5.74) is 2.79. The van der Waals surface area contributed by atoms with E-state index in [1.807, 2.05) is 12.3 Å². The number of carbonyl (C=O) groups is 1. The maximum atomic E-state index is 10.2. The van der Waals surface area contributed by atoms with Gasteiger partial charge in [0.05, 0.1) is 5.38 Å². The number of hydrogen-bond acceptors (Lipinski definition) is 2. The van der Waals surface area contributed by atoms with E-state index in [4.69, 9.17) is 5.11 Å². The van der Waals surface area contributed by atoms with Gasteiger partial charge in [0.2, 0.25) is 12.1 Å². The zero-order valence-corrected chi connectivity index (χ0v) is 11.5. The van der Waals surface area contributed by atoms with E-state index >= 15 is 0 Å². The third-order valence-electron chi connectivity index (χ3n) is 1.19. The summed E-state index contributed by atoms with van der Waals surface area (Å²) in [6.45, 7) is 1.95. The largest absolute Gasteiger partial charge is 1.00 e. The van der Waals surface area contributed by atoms with Gasteiger partial charge in [-0.3, -0.25) is 0 Å². The third-order valence-corrected chi connectivity index (χ3v) is 2.04. The van der Waals surface area contributed by atoms with Crippen LogP contribution in [0.1, 0.15) is 5.69 Å². The molecule has 1 heterocycles. The summed E-state index contributed by atoms with van der Waals surface area (Å²) in [6.07, 6.45) is 0. The van der Waals surface area contributed by atoms with Crippen LogP contribution < -0.4 is 34.1 Å². The molecule has 0 atom stereocenters. The quantitative estimate of drug-likeness (QED) is 0.495. The second kappa shape index (κ2) is 7.03. The summed E-state index contributed by atoms with van der Waals surface area (Å²) >= 11 is 1.51. The summed E-state index contributed by atoms with van der Waals surface area (Å²) < 4.78 is 1.70. The van der Waals surface area contributed by atoms with Crippen molar-refractivity contribution < 1.29 is 44.0 Å². The van der Waals surface area contributed by atoms with Crippen molar-refractivity contribution in [3.8, 4) is 0 Å². The maximum absolute atomic E-state index is 10.2. The molecule has 0 spiro atoms. The molecule has 0 amide bonds. The van der Waals surface area contributed by atoms with Gasteiger partial charge in [-0.05, 0) is 0 Å². The van der Waals surface area contributed by atoms with Crippen LogP contribution in [0.2, 0.25) is 0 Å². The normalized spacial score (nSPS) is 8.08. The van der Waals surface area contributed by atoms with Crippen LogP contribution in [0.25, 0.3) is 0 Å². The summed E-state index contributed by atoms with van der Waals surface area (Å²) in [7, 11) is 0. The summed E-state index contributed by atoms with van der Waals surface area (Å²) in [6, 6.07) is 0. The van der Waals surface area contributed by atoms with Crippen molar-refractivity contribution in [1.82, 2.24) is 0 Å². The number of carboxylic acids is 1. The molecule has 12 heavy (non-hydrogen) atoms. The number of aryl methyl sites for hydroxylation is 1. The van der Waals surface area contributed by atoms with Gasteiger partial charge in [-0.1, -0.05) is 11.3 Å². The Bertz CT molecular complexity index is 253. The van der Waals surface area contributed by atoms with Crippen molar-refractivity contribution >= 4 is 34.3 Å². The third kappa shape index (κ3) is 4.57. The molecule has 0 saturated carbocycles. The molecule has 6 heteroatoms. The average molecular weight is 262 g/mol. The Labute approximate surface area is 107 Å². The summed E-state index contributed by atoms with van der Waals surface area (Å²) in [4.78, 5) is 10.2. The van der Waals surface area contributed by atoms with Crippen molar-refractivity contribution in [2.45, 2.75) is 13.5 Å². The van der Waals surface area contributed by atoms with Crippen LogP contribution >= 0.6 is 28.3 Å². The molecule has 0 radical (unpaired) electrons. The second-order valence-electron chi connectivity index (χ2n) is 2.02. The molecule has 1 N–H and O–H groups in total. The number of hydrogen-bond donors (Lipinski definition) is 1. The fraction of sp³-hybridized carbons (Fsp3) is 0.333. The number of thiazole rings is 1. The van der Waals surface area contributed by atoms with Crippen molar-refractivity contribution in [2.24, 2.45) is 0 Å². The minimum absolute atomic E-state index is 0. The maximum Gasteiger partial charge on any atom is 1.00 e. The van der Waals surface area contributed by atoms with Gasteiger partial charge in [0.15, 0.2) is 5.69 Å². The predicted molar refractivity (Wildman–Crippen MR) is 47.2 cm³/mol. The SMILES string of the molecule is Br.Cc1csc[n+]1CC(=O)O.[Na+]. The van der Waals surface area contributed by atoms with Crippen LogP contribution in [0.4, 0.5) is 0 Å². The fourth-order valence-corrected chi connectivity index (χ4v) is 1.44. The number of carboxylic acid groups (broad SMARTS) is 1. The van der Waals surface area contributed by atoms with Gasteiger partial charge in [0, 0.05) is 6.92 Å². The molecule has 0 aliphatic carbocycles. The van der Waals surface area contributed by atoms with E-state index in [0.29, 0.717) is 0 Å². The topological polar surface area (TPSA) is 41.2 Å². The first-order valence-corrected chi connectivity index (χ1v) is 3.78. The Kier molecular flexibility index (Phi) is 8.83. The Morgan fingerprint density at radius 2 is 2.33 bits per heavy atom. The molecule has 0 bridgehead atoms. The molecular formula is C6H9BrNNaO2S+2. The number of halogens is 1. The van der Waals surface area contributed by atoms with Gasteiger partial charge in [0.1, 0.15) is 0 Å². The minimum atomic E-state index is -0.800. The van der Waals surface area contributed by atoms with Crippen molar-refractivity contribution in [2.75, 3.05) is 0 Å². The van der Waals surface area contributed by atoms with Crippen LogP contribution in [0, 0.1) is 6.92 Å². The van der Waals surface area contributed by atoms with Crippen LogP contribution in [0.5, 0.6) is 0 Å². The monoisotopic (exact) mass is 261 g/mol. The first-order valence-electron chi connectivity index (χ1n) is 2.84. The van der Waals surface area contributed by atoms with Crippen LogP contribution in [0.3, 0.4) is 0 Å². The summed E-state index contributed by atoms with van der Waals surface area (Å²) in [5.74, 6) is -0.800. The molecular weight excluding hydrogens is 253 g/mol. The molecule has 1 aromatic rings. The van der Waals surface area contributed by atoms with E-state index < -0.39 is 5.97 Å². The van der Waals surface area contributed by atoms with E-state index in [9.17, 15) is 4.79 Å². The molecule has 3 nitrogen and oxygen atoms in total. The van der Waals surface area contributed by atoms with E-state index in [-0.39, 0.29) is 53.1 Å². The van der Waals surface area contributed by atoms with Crippen LogP contribution in [-0.2, 0) is 11.3 Å². The van der Waals surface area contributed by atoms with Gasteiger partial charge in [-0.15, -0.1) is 17.0 Å². The van der Waals surface area contributed by atoms with Crippen molar-refractivity contribution in [3.63, 3.8) is 0 Å². The predicted octanol–water partition coefficient (Wildman–Crippen LogP) is -1.99. The summed E-state index contributed by atoms with van der Waals surface area (Å²) in [5, 5.41) is 10.3. The molecule has 62 valence electrons. The number of rotatable bonds is 2. The zero-order chi connectivity index (χ0) is 7.56. The Balaban J connectivity index is 0. The number of aromatic nitrogens is 1. The fourth-order valence-electron chi connectivity index (χ4n) is 0.661. The van der Waals surface area contributed by atoms with Crippen molar-refractivity contribution in [1.29, 1.82) is 0 Å². The van der Waals surface area contributed by atoms with E-state index in [0.717, 1.165) is 5.69 Å². The smallest absolute Gasteiger partial charge is 0.477 e. The first-order chi connectivity index (χ1) is 4.70. The Morgan fingerprint density at radius 1 is 1.75 bits per heavy atom. The van der Waals surface area contributed by atoms with Gasteiger partial charge in [-0.2, -0.15) is 4.57 Å². The molecule has 0 unspecified atom stereocenters. The van der Waals surface area contributed by atoms with Crippen molar-refractivity contribution in [3.05, 3.63) is 16.6 Å². The van der Waals surface area contributed by atoms with Crippen LogP contribution in [0.15, 0.2) is 10.9 Å². The second-order valence-corrected chi connectivity index (χ2v) is 2.74. The van der Waals surface area contributed by atoms with E-state index in [1.165, 1.54) is 11.3 Å². The Hall–Kier alpha value is 0.580. The van der Waals surface area contributed by atoms with Crippen LogP contribution in [-0.4, -0.2) is 11.1 Å². The average Bonchev–Trinajstić information content (AvgIpc) is 2.15. The van der Waals surface area contributed by atoms with E-state index in [1.54, 1.807) is 10.1 Å². The van der Waals surface area contributed by atoms with Gasteiger partial charge >= 0.3 is 35.5 Å². The molecule has 0 aliphatic rings. The minimum Gasteiger partial charge on any atom is -0.477 e. The van der Waals surface area contributed by atoms with E-state index in [2.05, 4.69) is 0 Å². The Morgan fingerprint density at radius 3 is 2.67 bits per heavy atom. The molecule has 0 fully saturated rings. The number of nitrogens with zero attached hydrogens (tertiary/aromatic N) is 1. The molecule has 1 rings (SSSR count).